The number of carbonyl (C=O) groups is 2. The molecule has 0 N–H and O–H groups in total. The Bertz CT molecular complexity index is 678. The molecular weight excluding hydrogens is 357 g/mol. The van der Waals surface area contributed by atoms with E-state index in [2.05, 4.69) is 4.90 Å². The molecule has 2 amide bonds. The lowest BCUT2D eigenvalue weighted by Crippen LogP contribution is -2.58. The average molecular weight is 390 g/mol. The number of hydrogen-bond acceptors (Lipinski definition) is 3. The van der Waals surface area contributed by atoms with Crippen LogP contribution in [0.4, 0.5) is 4.39 Å². The van der Waals surface area contributed by atoms with Crippen LogP contribution < -0.4 is 0 Å². The molecule has 1 aromatic carbocycles. The van der Waals surface area contributed by atoms with Crippen molar-refractivity contribution in [1.82, 2.24) is 14.7 Å². The molecule has 2 fully saturated rings. The van der Waals surface area contributed by atoms with E-state index < -0.39 is 5.82 Å². The fraction of sp³-hybridized carbons (Fsp3) is 0.636. The maximum absolute atomic E-state index is 14.0. The van der Waals surface area contributed by atoms with Gasteiger partial charge in [0.2, 0.25) is 5.91 Å². The first-order valence-corrected chi connectivity index (χ1v) is 10.6. The van der Waals surface area contributed by atoms with Crippen molar-refractivity contribution in [2.24, 2.45) is 5.92 Å². The summed E-state index contributed by atoms with van der Waals surface area (Å²) in [5.74, 6) is -0.103. The van der Waals surface area contributed by atoms with Crippen LogP contribution in [0.3, 0.4) is 0 Å². The zero-order valence-electron chi connectivity index (χ0n) is 17.1. The highest BCUT2D eigenvalue weighted by molar-refractivity contribution is 5.94. The average Bonchev–Trinajstić information content (AvgIpc) is 3.24. The van der Waals surface area contributed by atoms with Crippen molar-refractivity contribution in [2.75, 3.05) is 39.3 Å². The molecule has 1 saturated heterocycles. The van der Waals surface area contributed by atoms with Crippen molar-refractivity contribution < 1.29 is 14.0 Å². The van der Waals surface area contributed by atoms with E-state index >= 15 is 0 Å². The Kier molecular flexibility index (Phi) is 7.05. The Morgan fingerprint density at radius 2 is 1.68 bits per heavy atom. The van der Waals surface area contributed by atoms with Gasteiger partial charge in [-0.15, -0.1) is 0 Å². The van der Waals surface area contributed by atoms with Gasteiger partial charge in [-0.1, -0.05) is 25.0 Å². The van der Waals surface area contributed by atoms with E-state index in [-0.39, 0.29) is 23.4 Å². The van der Waals surface area contributed by atoms with Crippen molar-refractivity contribution in [3.63, 3.8) is 0 Å². The predicted octanol–water partition coefficient (Wildman–Crippen LogP) is 3.01. The molecule has 0 unspecified atom stereocenters. The summed E-state index contributed by atoms with van der Waals surface area (Å²) in [6, 6.07) is 6.05. The summed E-state index contributed by atoms with van der Waals surface area (Å²) in [7, 11) is 0. The Morgan fingerprint density at radius 1 is 1.07 bits per heavy atom. The standard InChI is InChI=1S/C22H32FN3O2/c1-3-24(4-2)22(28)20(17-9-5-6-10-17)25-13-15-26(16-14-25)21(27)18-11-7-8-12-19(18)23/h7-8,11-12,17,20H,3-6,9-10,13-16H2,1-2H3/t20-/m0/s1. The smallest absolute Gasteiger partial charge is 0.256 e. The molecule has 1 saturated carbocycles. The number of halogens is 1. The largest absolute Gasteiger partial charge is 0.342 e. The minimum atomic E-state index is -0.476. The van der Waals surface area contributed by atoms with Gasteiger partial charge in [-0.05, 0) is 44.7 Å². The van der Waals surface area contributed by atoms with Crippen LogP contribution in [-0.4, -0.2) is 71.8 Å². The number of likely N-dealkylation sites (N-methyl/N-ethyl adjacent to an activating group) is 1. The second-order valence-corrected chi connectivity index (χ2v) is 7.81. The maximum Gasteiger partial charge on any atom is 0.256 e. The van der Waals surface area contributed by atoms with Crippen LogP contribution in [0.2, 0.25) is 0 Å². The van der Waals surface area contributed by atoms with Crippen molar-refractivity contribution in [2.45, 2.75) is 45.6 Å². The number of hydrogen-bond donors (Lipinski definition) is 0. The zero-order chi connectivity index (χ0) is 20.1. The van der Waals surface area contributed by atoms with E-state index in [9.17, 15) is 14.0 Å². The zero-order valence-corrected chi connectivity index (χ0v) is 17.1. The molecule has 1 aromatic rings. The first kappa shape index (κ1) is 20.8. The van der Waals surface area contributed by atoms with Gasteiger partial charge in [-0.25, -0.2) is 4.39 Å². The quantitative estimate of drug-likeness (QED) is 0.751. The summed E-state index contributed by atoms with van der Waals surface area (Å²) in [5.41, 5.74) is 0.127. The topological polar surface area (TPSA) is 43.9 Å². The van der Waals surface area contributed by atoms with Gasteiger partial charge in [-0.2, -0.15) is 0 Å². The maximum atomic E-state index is 14.0. The lowest BCUT2D eigenvalue weighted by atomic mass is 9.94. The monoisotopic (exact) mass is 389 g/mol. The normalized spacial score (nSPS) is 19.6. The Balaban J connectivity index is 1.69. The third kappa shape index (κ3) is 4.37. The third-order valence-electron chi connectivity index (χ3n) is 6.27. The van der Waals surface area contributed by atoms with Gasteiger partial charge >= 0.3 is 0 Å². The van der Waals surface area contributed by atoms with Gasteiger partial charge in [0.25, 0.3) is 5.91 Å². The molecule has 1 aliphatic carbocycles. The van der Waals surface area contributed by atoms with Crippen LogP contribution in [0.5, 0.6) is 0 Å². The molecular formula is C22H32FN3O2. The lowest BCUT2D eigenvalue weighted by Gasteiger charge is -2.42. The SMILES string of the molecule is CCN(CC)C(=O)[C@H](C1CCCC1)N1CCN(C(=O)c2ccccc2F)CC1. The van der Waals surface area contributed by atoms with Gasteiger partial charge in [0.05, 0.1) is 11.6 Å². The number of carbonyl (C=O) groups excluding carboxylic acids is 2. The summed E-state index contributed by atoms with van der Waals surface area (Å²) in [6.07, 6.45) is 4.59. The van der Waals surface area contributed by atoms with Crippen molar-refractivity contribution in [1.29, 1.82) is 0 Å². The van der Waals surface area contributed by atoms with Crippen molar-refractivity contribution in [3.05, 3.63) is 35.6 Å². The Hall–Kier alpha value is -1.95. The molecule has 1 atom stereocenters. The molecule has 3 rings (SSSR count). The van der Waals surface area contributed by atoms with E-state index in [1.54, 1.807) is 17.0 Å². The third-order valence-corrected chi connectivity index (χ3v) is 6.27. The summed E-state index contributed by atoms with van der Waals surface area (Å²) in [6.45, 7) is 7.89. The molecule has 2 aliphatic rings. The van der Waals surface area contributed by atoms with Gasteiger partial charge in [0, 0.05) is 39.3 Å². The van der Waals surface area contributed by atoms with Crippen LogP contribution in [-0.2, 0) is 4.79 Å². The minimum Gasteiger partial charge on any atom is -0.342 e. The molecule has 0 bridgehead atoms. The van der Waals surface area contributed by atoms with Gasteiger partial charge in [-0.3, -0.25) is 14.5 Å². The Morgan fingerprint density at radius 3 is 2.25 bits per heavy atom. The van der Waals surface area contributed by atoms with Gasteiger partial charge in [0.1, 0.15) is 5.82 Å². The first-order chi connectivity index (χ1) is 13.6. The summed E-state index contributed by atoms with van der Waals surface area (Å²) in [4.78, 5) is 31.8. The highest BCUT2D eigenvalue weighted by atomic mass is 19.1. The molecule has 5 nitrogen and oxygen atoms in total. The summed E-state index contributed by atoms with van der Waals surface area (Å²) in [5, 5.41) is 0. The highest BCUT2D eigenvalue weighted by Crippen LogP contribution is 2.32. The molecule has 0 aromatic heterocycles. The second-order valence-electron chi connectivity index (χ2n) is 7.81. The van der Waals surface area contributed by atoms with Crippen molar-refractivity contribution >= 4 is 11.8 Å². The molecule has 1 heterocycles. The highest BCUT2D eigenvalue weighted by Gasteiger charge is 2.38. The molecule has 28 heavy (non-hydrogen) atoms. The number of piperazine rings is 1. The van der Waals surface area contributed by atoms with Gasteiger partial charge < -0.3 is 9.80 Å². The van der Waals surface area contributed by atoms with E-state index in [0.29, 0.717) is 32.1 Å². The van der Waals surface area contributed by atoms with E-state index in [1.807, 2.05) is 18.7 Å². The number of benzene rings is 1. The first-order valence-electron chi connectivity index (χ1n) is 10.6. The van der Waals surface area contributed by atoms with Crippen LogP contribution >= 0.6 is 0 Å². The fourth-order valence-corrected chi connectivity index (χ4v) is 4.66. The lowest BCUT2D eigenvalue weighted by molar-refractivity contribution is -0.139. The molecule has 6 heteroatoms. The predicted molar refractivity (Wildman–Crippen MR) is 108 cm³/mol. The Labute approximate surface area is 167 Å². The van der Waals surface area contributed by atoms with Crippen LogP contribution in [0.1, 0.15) is 49.9 Å². The van der Waals surface area contributed by atoms with Crippen LogP contribution in [0.15, 0.2) is 24.3 Å². The number of nitrogens with zero attached hydrogens (tertiary/aromatic N) is 3. The van der Waals surface area contributed by atoms with E-state index in [4.69, 9.17) is 0 Å². The minimum absolute atomic E-state index is 0.0897. The van der Waals surface area contributed by atoms with Gasteiger partial charge in [0.15, 0.2) is 0 Å². The molecule has 1 aliphatic heterocycles. The molecule has 154 valence electrons. The second kappa shape index (κ2) is 9.50. The van der Waals surface area contributed by atoms with E-state index in [0.717, 1.165) is 25.9 Å². The fourth-order valence-electron chi connectivity index (χ4n) is 4.66. The number of rotatable bonds is 6. The summed E-state index contributed by atoms with van der Waals surface area (Å²) < 4.78 is 14.0. The van der Waals surface area contributed by atoms with Crippen LogP contribution in [0, 0.1) is 11.7 Å². The van der Waals surface area contributed by atoms with Crippen LogP contribution in [0.25, 0.3) is 0 Å². The van der Waals surface area contributed by atoms with E-state index in [1.165, 1.54) is 25.0 Å². The summed E-state index contributed by atoms with van der Waals surface area (Å²) >= 11 is 0. The molecule has 0 radical (unpaired) electrons. The number of amides is 2. The van der Waals surface area contributed by atoms with Crippen molar-refractivity contribution in [3.8, 4) is 0 Å². The molecule has 0 spiro atoms.